The first-order valence-electron chi connectivity index (χ1n) is 5.70. The molecule has 0 spiro atoms. The van der Waals surface area contributed by atoms with Crippen LogP contribution in [0.3, 0.4) is 0 Å². The van der Waals surface area contributed by atoms with Crippen molar-refractivity contribution in [3.8, 4) is 0 Å². The molecule has 0 saturated heterocycles. The van der Waals surface area contributed by atoms with E-state index in [4.69, 9.17) is 23.2 Å². The Balaban J connectivity index is 2.52. The zero-order valence-electron chi connectivity index (χ0n) is 10.2. The third kappa shape index (κ3) is 6.80. The quantitative estimate of drug-likeness (QED) is 0.616. The molecule has 0 saturated carbocycles. The molecule has 0 aromatic heterocycles. The lowest BCUT2D eigenvalue weighted by atomic mass is 10.2. The second-order valence-corrected chi connectivity index (χ2v) is 6.93. The average molecular weight is 324 g/mol. The molecule has 0 radical (unpaired) electrons. The van der Waals surface area contributed by atoms with Gasteiger partial charge in [-0.25, -0.2) is 8.42 Å². The topological polar surface area (TPSA) is 63.2 Å². The van der Waals surface area contributed by atoms with Crippen molar-refractivity contribution < 1.29 is 13.2 Å². The first kappa shape index (κ1) is 16.3. The first-order valence-corrected chi connectivity index (χ1v) is 8.44. The van der Waals surface area contributed by atoms with Gasteiger partial charge in [0.15, 0.2) is 9.84 Å². The Hall–Kier alpha value is -0.780. The molecule has 0 atom stereocenters. The summed E-state index contributed by atoms with van der Waals surface area (Å²) in [5.74, 6) is -0.762. The number of alkyl halides is 1. The number of halogens is 2. The van der Waals surface area contributed by atoms with E-state index in [1.54, 1.807) is 24.3 Å². The monoisotopic (exact) mass is 323 g/mol. The van der Waals surface area contributed by atoms with Crippen LogP contribution in [-0.4, -0.2) is 32.5 Å². The standard InChI is InChI=1S/C12H15Cl2NO3S/c13-6-1-7-15-12(16)9-19(17,18)8-10-2-4-11(14)5-3-10/h2-5H,1,6-9H2,(H,15,16). The highest BCUT2D eigenvalue weighted by molar-refractivity contribution is 7.91. The number of sulfone groups is 1. The molecule has 0 aliphatic rings. The van der Waals surface area contributed by atoms with Gasteiger partial charge in [-0.2, -0.15) is 0 Å². The van der Waals surface area contributed by atoms with Crippen LogP contribution in [0, 0.1) is 0 Å². The molecule has 4 nitrogen and oxygen atoms in total. The lowest BCUT2D eigenvalue weighted by Crippen LogP contribution is -2.31. The molecule has 0 unspecified atom stereocenters. The van der Waals surface area contributed by atoms with Gasteiger partial charge in [-0.05, 0) is 24.1 Å². The zero-order valence-corrected chi connectivity index (χ0v) is 12.6. The summed E-state index contributed by atoms with van der Waals surface area (Å²) in [6, 6.07) is 6.50. The highest BCUT2D eigenvalue weighted by atomic mass is 35.5. The van der Waals surface area contributed by atoms with E-state index >= 15 is 0 Å². The lowest BCUT2D eigenvalue weighted by molar-refractivity contribution is -0.118. The van der Waals surface area contributed by atoms with Gasteiger partial charge in [0.2, 0.25) is 5.91 Å². The molecule has 0 fully saturated rings. The summed E-state index contributed by atoms with van der Waals surface area (Å²) in [7, 11) is -3.47. The molecule has 1 aromatic rings. The van der Waals surface area contributed by atoms with Gasteiger partial charge in [0.1, 0.15) is 5.75 Å². The Morgan fingerprint density at radius 1 is 1.21 bits per heavy atom. The van der Waals surface area contributed by atoms with E-state index in [1.807, 2.05) is 0 Å². The number of rotatable bonds is 7. The summed E-state index contributed by atoms with van der Waals surface area (Å²) in [5.41, 5.74) is 0.609. The molecule has 1 rings (SSSR count). The van der Waals surface area contributed by atoms with Crippen LogP contribution in [-0.2, 0) is 20.4 Å². The summed E-state index contributed by atoms with van der Waals surface area (Å²) >= 11 is 11.2. The average Bonchev–Trinajstić information content (AvgIpc) is 2.31. The van der Waals surface area contributed by atoms with Gasteiger partial charge >= 0.3 is 0 Å². The minimum absolute atomic E-state index is 0.174. The number of carbonyl (C=O) groups excluding carboxylic acids is 1. The second kappa shape index (κ2) is 7.72. The summed E-state index contributed by atoms with van der Waals surface area (Å²) in [4.78, 5) is 11.4. The van der Waals surface area contributed by atoms with Crippen LogP contribution in [0.5, 0.6) is 0 Å². The van der Waals surface area contributed by atoms with Crippen molar-refractivity contribution in [2.24, 2.45) is 0 Å². The Morgan fingerprint density at radius 2 is 1.84 bits per heavy atom. The predicted octanol–water partition coefficient (Wildman–Crippen LogP) is 2.00. The Kier molecular flexibility index (Phi) is 6.62. The molecular formula is C12H15Cl2NO3S. The molecule has 1 aromatic carbocycles. The molecule has 0 aliphatic carbocycles. The summed E-state index contributed by atoms with van der Waals surface area (Å²) in [6.07, 6.45) is 0.616. The predicted molar refractivity (Wildman–Crippen MR) is 77.3 cm³/mol. The van der Waals surface area contributed by atoms with Crippen LogP contribution in [0.2, 0.25) is 5.02 Å². The Bertz CT molecular complexity index is 514. The van der Waals surface area contributed by atoms with E-state index in [9.17, 15) is 13.2 Å². The van der Waals surface area contributed by atoms with Crippen LogP contribution < -0.4 is 5.32 Å². The van der Waals surface area contributed by atoms with Crippen LogP contribution in [0.4, 0.5) is 0 Å². The summed E-state index contributed by atoms with van der Waals surface area (Å²) in [5, 5.41) is 3.05. The van der Waals surface area contributed by atoms with E-state index in [2.05, 4.69) is 5.32 Å². The molecule has 19 heavy (non-hydrogen) atoms. The molecule has 1 N–H and O–H groups in total. The van der Waals surface area contributed by atoms with Gasteiger partial charge in [0.05, 0.1) is 5.75 Å². The van der Waals surface area contributed by atoms with Gasteiger partial charge in [-0.3, -0.25) is 4.79 Å². The molecule has 106 valence electrons. The fraction of sp³-hybridized carbons (Fsp3) is 0.417. The van der Waals surface area contributed by atoms with Crippen molar-refractivity contribution in [3.63, 3.8) is 0 Å². The maximum atomic E-state index is 11.8. The highest BCUT2D eigenvalue weighted by Crippen LogP contribution is 2.12. The zero-order chi connectivity index (χ0) is 14.3. The molecule has 7 heteroatoms. The van der Waals surface area contributed by atoms with E-state index in [0.717, 1.165) is 0 Å². The van der Waals surface area contributed by atoms with Crippen molar-refractivity contribution in [1.29, 1.82) is 0 Å². The van der Waals surface area contributed by atoms with E-state index < -0.39 is 21.5 Å². The van der Waals surface area contributed by atoms with Gasteiger partial charge in [0.25, 0.3) is 0 Å². The van der Waals surface area contributed by atoms with Crippen LogP contribution in [0.15, 0.2) is 24.3 Å². The van der Waals surface area contributed by atoms with Crippen molar-refractivity contribution in [1.82, 2.24) is 5.32 Å². The van der Waals surface area contributed by atoms with Crippen LogP contribution in [0.25, 0.3) is 0 Å². The van der Waals surface area contributed by atoms with Crippen LogP contribution >= 0.6 is 23.2 Å². The third-order valence-electron chi connectivity index (χ3n) is 2.28. The van der Waals surface area contributed by atoms with Crippen molar-refractivity contribution in [2.45, 2.75) is 12.2 Å². The molecular weight excluding hydrogens is 309 g/mol. The SMILES string of the molecule is O=C(CS(=O)(=O)Cc1ccc(Cl)cc1)NCCCCl. The van der Waals surface area contributed by atoms with E-state index in [0.29, 0.717) is 29.4 Å². The lowest BCUT2D eigenvalue weighted by Gasteiger charge is -2.06. The third-order valence-corrected chi connectivity index (χ3v) is 4.28. The number of carbonyl (C=O) groups is 1. The van der Waals surface area contributed by atoms with E-state index in [-0.39, 0.29) is 5.75 Å². The van der Waals surface area contributed by atoms with Crippen molar-refractivity contribution in [3.05, 3.63) is 34.9 Å². The van der Waals surface area contributed by atoms with Gasteiger partial charge < -0.3 is 5.32 Å². The van der Waals surface area contributed by atoms with Crippen LogP contribution in [0.1, 0.15) is 12.0 Å². The Morgan fingerprint density at radius 3 is 2.42 bits per heavy atom. The summed E-state index contributed by atoms with van der Waals surface area (Å²) < 4.78 is 23.6. The molecule has 0 bridgehead atoms. The van der Waals surface area contributed by atoms with Gasteiger partial charge in [-0.1, -0.05) is 23.7 Å². The first-order chi connectivity index (χ1) is 8.93. The number of benzene rings is 1. The number of amides is 1. The van der Waals surface area contributed by atoms with Gasteiger partial charge in [-0.15, -0.1) is 11.6 Å². The highest BCUT2D eigenvalue weighted by Gasteiger charge is 2.17. The fourth-order valence-corrected chi connectivity index (χ4v) is 2.99. The molecule has 0 heterocycles. The fourth-order valence-electron chi connectivity index (χ4n) is 1.43. The number of nitrogens with one attached hydrogen (secondary N) is 1. The second-order valence-electron chi connectivity index (χ2n) is 4.05. The maximum Gasteiger partial charge on any atom is 0.235 e. The van der Waals surface area contributed by atoms with Crippen molar-refractivity contribution >= 4 is 38.9 Å². The number of hydrogen-bond acceptors (Lipinski definition) is 3. The normalized spacial score (nSPS) is 11.3. The minimum Gasteiger partial charge on any atom is -0.355 e. The molecule has 0 aliphatic heterocycles. The minimum atomic E-state index is -3.47. The number of hydrogen-bond donors (Lipinski definition) is 1. The summed E-state index contributed by atoms with van der Waals surface area (Å²) in [6.45, 7) is 0.388. The maximum absolute atomic E-state index is 11.8. The van der Waals surface area contributed by atoms with Crippen molar-refractivity contribution in [2.75, 3.05) is 18.2 Å². The molecule has 1 amide bonds. The van der Waals surface area contributed by atoms with E-state index in [1.165, 1.54) is 0 Å². The smallest absolute Gasteiger partial charge is 0.235 e. The largest absolute Gasteiger partial charge is 0.355 e. The van der Waals surface area contributed by atoms with Gasteiger partial charge in [0, 0.05) is 17.4 Å². The Labute approximate surface area is 123 Å².